The van der Waals surface area contributed by atoms with Crippen LogP contribution in [0.25, 0.3) is 0 Å². The fourth-order valence-corrected chi connectivity index (χ4v) is 2.85. The standard InChI is InChI=1S/C17H28F5NO2/c1-4-16(18,19)10-6-5-9-15(2,3)25-14(24)23-11-7-13(8-12-23)17(20,21)22/h13H,4-12H2,1-3H3. The molecule has 1 aliphatic rings. The summed E-state index contributed by atoms with van der Waals surface area (Å²) in [6.45, 7) is 4.84. The molecule has 1 aliphatic heterocycles. The summed E-state index contributed by atoms with van der Waals surface area (Å²) in [4.78, 5) is 13.4. The Labute approximate surface area is 145 Å². The van der Waals surface area contributed by atoms with Crippen LogP contribution < -0.4 is 0 Å². The van der Waals surface area contributed by atoms with E-state index < -0.39 is 29.7 Å². The number of unbranched alkanes of at least 4 members (excludes halogenated alkanes) is 1. The Morgan fingerprint density at radius 3 is 2.04 bits per heavy atom. The van der Waals surface area contributed by atoms with E-state index in [0.717, 1.165) is 0 Å². The van der Waals surface area contributed by atoms with Crippen molar-refractivity contribution in [1.29, 1.82) is 0 Å². The summed E-state index contributed by atoms with van der Waals surface area (Å²) in [6.07, 6.45) is -4.24. The summed E-state index contributed by atoms with van der Waals surface area (Å²) in [5.74, 6) is -4.03. The Kier molecular flexibility index (Phi) is 7.50. The van der Waals surface area contributed by atoms with Crippen LogP contribution in [0.5, 0.6) is 0 Å². The fraction of sp³-hybridized carbons (Fsp3) is 0.941. The molecule has 1 rings (SSSR count). The number of hydrogen-bond donors (Lipinski definition) is 0. The van der Waals surface area contributed by atoms with Gasteiger partial charge in [0.1, 0.15) is 5.60 Å². The van der Waals surface area contributed by atoms with Gasteiger partial charge in [0.15, 0.2) is 0 Å². The number of piperidine rings is 1. The molecule has 8 heteroatoms. The first-order chi connectivity index (χ1) is 11.4. The molecule has 0 aromatic heterocycles. The Morgan fingerprint density at radius 2 is 1.56 bits per heavy atom. The van der Waals surface area contributed by atoms with Crippen LogP contribution in [0, 0.1) is 5.92 Å². The van der Waals surface area contributed by atoms with Crippen molar-refractivity contribution in [2.45, 2.75) is 83.4 Å². The lowest BCUT2D eigenvalue weighted by molar-refractivity contribution is -0.184. The van der Waals surface area contributed by atoms with Gasteiger partial charge in [0, 0.05) is 25.9 Å². The predicted octanol–water partition coefficient (Wildman–Crippen LogP) is 5.78. The zero-order chi connectivity index (χ0) is 19.3. The molecular formula is C17H28F5NO2. The minimum atomic E-state index is -4.23. The molecule has 0 aliphatic carbocycles. The van der Waals surface area contributed by atoms with E-state index in [2.05, 4.69) is 0 Å². The molecule has 0 aromatic carbocycles. The van der Waals surface area contributed by atoms with E-state index >= 15 is 0 Å². The quantitative estimate of drug-likeness (QED) is 0.418. The SMILES string of the molecule is CCC(F)(F)CCCCC(C)(C)OC(=O)N1CCC(C(F)(F)F)CC1. The molecule has 1 heterocycles. The maximum Gasteiger partial charge on any atom is 0.410 e. The van der Waals surface area contributed by atoms with E-state index in [4.69, 9.17) is 4.74 Å². The molecule has 1 saturated heterocycles. The van der Waals surface area contributed by atoms with Crippen molar-refractivity contribution in [3.8, 4) is 0 Å². The maximum atomic E-state index is 13.2. The third-order valence-electron chi connectivity index (χ3n) is 4.67. The lowest BCUT2D eigenvalue weighted by Crippen LogP contribution is -2.44. The van der Waals surface area contributed by atoms with E-state index in [1.54, 1.807) is 13.8 Å². The molecule has 0 atom stereocenters. The molecule has 1 fully saturated rings. The van der Waals surface area contributed by atoms with Crippen LogP contribution in [0.3, 0.4) is 0 Å². The molecule has 1 amide bonds. The number of hydrogen-bond acceptors (Lipinski definition) is 2. The van der Waals surface area contributed by atoms with Crippen molar-refractivity contribution >= 4 is 6.09 Å². The minimum Gasteiger partial charge on any atom is -0.443 e. The number of carbonyl (C=O) groups is 1. The topological polar surface area (TPSA) is 29.5 Å². The lowest BCUT2D eigenvalue weighted by atomic mass is 9.96. The smallest absolute Gasteiger partial charge is 0.410 e. The first-order valence-corrected chi connectivity index (χ1v) is 8.79. The zero-order valence-corrected chi connectivity index (χ0v) is 15.1. The van der Waals surface area contributed by atoms with Crippen molar-refractivity contribution in [1.82, 2.24) is 4.90 Å². The van der Waals surface area contributed by atoms with Gasteiger partial charge in [-0.1, -0.05) is 6.92 Å². The number of halogens is 5. The van der Waals surface area contributed by atoms with E-state index in [9.17, 15) is 26.7 Å². The Morgan fingerprint density at radius 1 is 1.04 bits per heavy atom. The van der Waals surface area contributed by atoms with Crippen molar-refractivity contribution in [2.24, 2.45) is 5.92 Å². The average molecular weight is 373 g/mol. The molecule has 25 heavy (non-hydrogen) atoms. The first kappa shape index (κ1) is 22.0. The Hall–Kier alpha value is -1.08. The number of nitrogens with zero attached hydrogens (tertiary/aromatic N) is 1. The number of alkyl halides is 5. The summed E-state index contributed by atoms with van der Waals surface area (Å²) in [5, 5.41) is 0. The molecule has 0 unspecified atom stereocenters. The van der Waals surface area contributed by atoms with Gasteiger partial charge in [0.2, 0.25) is 5.92 Å². The summed E-state index contributed by atoms with van der Waals surface area (Å²) in [5.41, 5.74) is -0.834. The van der Waals surface area contributed by atoms with Gasteiger partial charge in [-0.05, 0) is 46.0 Å². The van der Waals surface area contributed by atoms with Gasteiger partial charge >= 0.3 is 12.3 Å². The van der Waals surface area contributed by atoms with E-state index in [-0.39, 0.29) is 38.8 Å². The van der Waals surface area contributed by atoms with Crippen LogP contribution in [0.4, 0.5) is 26.7 Å². The second-order valence-corrected chi connectivity index (χ2v) is 7.35. The number of likely N-dealkylation sites (tertiary alicyclic amines) is 1. The van der Waals surface area contributed by atoms with Gasteiger partial charge in [-0.25, -0.2) is 13.6 Å². The van der Waals surface area contributed by atoms with Gasteiger partial charge in [-0.3, -0.25) is 0 Å². The van der Waals surface area contributed by atoms with Crippen LogP contribution in [0.1, 0.15) is 65.7 Å². The van der Waals surface area contributed by atoms with Gasteiger partial charge in [0.05, 0.1) is 5.92 Å². The average Bonchev–Trinajstić information content (AvgIpc) is 2.50. The van der Waals surface area contributed by atoms with Gasteiger partial charge in [-0.15, -0.1) is 0 Å². The third kappa shape index (κ3) is 7.77. The van der Waals surface area contributed by atoms with Crippen LogP contribution in [-0.2, 0) is 4.74 Å². The minimum absolute atomic E-state index is 0.0157. The molecular weight excluding hydrogens is 345 g/mol. The number of ether oxygens (including phenoxy) is 1. The molecule has 0 aromatic rings. The van der Waals surface area contributed by atoms with Crippen LogP contribution in [0.2, 0.25) is 0 Å². The molecule has 3 nitrogen and oxygen atoms in total. The van der Waals surface area contributed by atoms with Gasteiger partial charge < -0.3 is 9.64 Å². The monoisotopic (exact) mass is 373 g/mol. The van der Waals surface area contributed by atoms with E-state index in [1.165, 1.54) is 11.8 Å². The highest BCUT2D eigenvalue weighted by Crippen LogP contribution is 2.34. The highest BCUT2D eigenvalue weighted by Gasteiger charge is 2.42. The summed E-state index contributed by atoms with van der Waals surface area (Å²) >= 11 is 0. The number of amides is 1. The largest absolute Gasteiger partial charge is 0.443 e. The molecule has 0 saturated carbocycles. The normalized spacial score (nSPS) is 17.7. The van der Waals surface area contributed by atoms with E-state index in [1.807, 2.05) is 0 Å². The lowest BCUT2D eigenvalue weighted by Gasteiger charge is -2.35. The maximum absolute atomic E-state index is 13.2. The third-order valence-corrected chi connectivity index (χ3v) is 4.67. The summed E-state index contributed by atoms with van der Waals surface area (Å²) in [6, 6.07) is 0. The molecule has 0 N–H and O–H groups in total. The second-order valence-electron chi connectivity index (χ2n) is 7.35. The molecule has 148 valence electrons. The summed E-state index contributed by atoms with van der Waals surface area (Å²) in [7, 11) is 0. The highest BCUT2D eigenvalue weighted by atomic mass is 19.4. The van der Waals surface area contributed by atoms with Crippen molar-refractivity contribution in [3.05, 3.63) is 0 Å². The fourth-order valence-electron chi connectivity index (χ4n) is 2.85. The predicted molar refractivity (Wildman–Crippen MR) is 84.6 cm³/mol. The van der Waals surface area contributed by atoms with Crippen LogP contribution >= 0.6 is 0 Å². The van der Waals surface area contributed by atoms with Crippen molar-refractivity contribution in [2.75, 3.05) is 13.1 Å². The molecule has 0 radical (unpaired) electrons. The van der Waals surface area contributed by atoms with Crippen molar-refractivity contribution < 1.29 is 31.5 Å². The highest BCUT2D eigenvalue weighted by molar-refractivity contribution is 5.68. The van der Waals surface area contributed by atoms with Crippen LogP contribution in [0.15, 0.2) is 0 Å². The van der Waals surface area contributed by atoms with Gasteiger partial charge in [0.25, 0.3) is 0 Å². The Bertz CT molecular complexity index is 429. The van der Waals surface area contributed by atoms with Gasteiger partial charge in [-0.2, -0.15) is 13.2 Å². The first-order valence-electron chi connectivity index (χ1n) is 8.79. The molecule has 0 spiro atoms. The number of rotatable bonds is 7. The molecule has 0 bridgehead atoms. The second kappa shape index (κ2) is 8.54. The Balaban J connectivity index is 2.35. The summed E-state index contributed by atoms with van der Waals surface area (Å²) < 4.78 is 69.6. The number of carbonyl (C=O) groups excluding carboxylic acids is 1. The van der Waals surface area contributed by atoms with E-state index in [0.29, 0.717) is 19.3 Å². The van der Waals surface area contributed by atoms with Crippen molar-refractivity contribution in [3.63, 3.8) is 0 Å². The zero-order valence-electron chi connectivity index (χ0n) is 15.1. The van der Waals surface area contributed by atoms with Crippen LogP contribution in [-0.4, -0.2) is 41.8 Å².